The van der Waals surface area contributed by atoms with Crippen LogP contribution in [0.2, 0.25) is 0 Å². The number of carbonyl (C=O) groups excluding carboxylic acids is 2. The van der Waals surface area contributed by atoms with Crippen LogP contribution in [0.1, 0.15) is 22.8 Å². The number of benzene rings is 3. The second-order valence-corrected chi connectivity index (χ2v) is 7.24. The van der Waals surface area contributed by atoms with E-state index in [0.717, 1.165) is 16.3 Å². The Labute approximate surface area is 188 Å². The molecule has 7 nitrogen and oxygen atoms in total. The van der Waals surface area contributed by atoms with Crippen molar-refractivity contribution in [2.45, 2.75) is 6.92 Å². The number of hydrogen-bond donors (Lipinski definition) is 1. The number of ether oxygens (including phenoxy) is 3. The lowest BCUT2D eigenvalue weighted by Crippen LogP contribution is -2.18. The molecule has 0 radical (unpaired) electrons. The van der Waals surface area contributed by atoms with Crippen LogP contribution >= 0.6 is 15.9 Å². The monoisotopic (exact) mass is 484 g/mol. The minimum absolute atomic E-state index is 0.177. The maximum absolute atomic E-state index is 12.6. The Morgan fingerprint density at radius 2 is 1.81 bits per heavy atom. The molecule has 3 aromatic carbocycles. The van der Waals surface area contributed by atoms with E-state index in [0.29, 0.717) is 28.1 Å². The Bertz CT molecular complexity index is 1130. The summed E-state index contributed by atoms with van der Waals surface area (Å²) in [5.74, 6) is 0.145. The van der Waals surface area contributed by atoms with Gasteiger partial charge in [-0.1, -0.05) is 24.3 Å². The van der Waals surface area contributed by atoms with Crippen molar-refractivity contribution in [2.75, 3.05) is 20.3 Å². The summed E-state index contributed by atoms with van der Waals surface area (Å²) in [6.45, 7) is 1.86. The van der Waals surface area contributed by atoms with Crippen molar-refractivity contribution in [3.8, 4) is 11.5 Å². The first-order valence-electron chi connectivity index (χ1n) is 9.50. The molecule has 0 aliphatic rings. The molecule has 0 saturated heterocycles. The molecule has 0 fully saturated rings. The van der Waals surface area contributed by atoms with Crippen LogP contribution in [-0.4, -0.2) is 38.4 Å². The molecular formula is C23H21BrN2O5. The van der Waals surface area contributed by atoms with Gasteiger partial charge in [0.2, 0.25) is 0 Å². The summed E-state index contributed by atoms with van der Waals surface area (Å²) in [6.07, 6.45) is 1.51. The number of methoxy groups -OCH3 is 1. The highest BCUT2D eigenvalue weighted by Gasteiger charge is 2.13. The van der Waals surface area contributed by atoms with Gasteiger partial charge in [-0.2, -0.15) is 5.10 Å². The summed E-state index contributed by atoms with van der Waals surface area (Å²) >= 11 is 3.39. The molecule has 0 heterocycles. The SMILES string of the molecule is CCOC(=O)COc1ccc(/C=N\NC(=O)c2cc3ccccc3cc2OC)cc1Br. The van der Waals surface area contributed by atoms with Gasteiger partial charge in [0.05, 0.1) is 30.0 Å². The fourth-order valence-electron chi connectivity index (χ4n) is 2.85. The average molecular weight is 485 g/mol. The summed E-state index contributed by atoms with van der Waals surface area (Å²) < 4.78 is 16.2. The molecule has 0 aromatic heterocycles. The maximum atomic E-state index is 12.6. The Balaban J connectivity index is 1.66. The van der Waals surface area contributed by atoms with Gasteiger partial charge in [0.25, 0.3) is 5.91 Å². The molecule has 31 heavy (non-hydrogen) atoms. The zero-order valence-corrected chi connectivity index (χ0v) is 18.6. The summed E-state index contributed by atoms with van der Waals surface area (Å²) in [5.41, 5.74) is 3.63. The van der Waals surface area contributed by atoms with Crippen molar-refractivity contribution in [1.29, 1.82) is 0 Å². The molecule has 0 unspecified atom stereocenters. The summed E-state index contributed by atoms with van der Waals surface area (Å²) in [6, 6.07) is 16.5. The lowest BCUT2D eigenvalue weighted by atomic mass is 10.1. The molecular weight excluding hydrogens is 464 g/mol. The number of halogens is 1. The van der Waals surface area contributed by atoms with Crippen LogP contribution < -0.4 is 14.9 Å². The van der Waals surface area contributed by atoms with Crippen LogP contribution in [0.4, 0.5) is 0 Å². The number of nitrogens with one attached hydrogen (secondary N) is 1. The fourth-order valence-corrected chi connectivity index (χ4v) is 3.36. The highest BCUT2D eigenvalue weighted by Crippen LogP contribution is 2.27. The van der Waals surface area contributed by atoms with E-state index in [-0.39, 0.29) is 12.5 Å². The predicted molar refractivity (Wildman–Crippen MR) is 122 cm³/mol. The highest BCUT2D eigenvalue weighted by molar-refractivity contribution is 9.10. The van der Waals surface area contributed by atoms with Crippen LogP contribution in [0.5, 0.6) is 11.5 Å². The summed E-state index contributed by atoms with van der Waals surface area (Å²) in [7, 11) is 1.52. The topological polar surface area (TPSA) is 86.2 Å². The lowest BCUT2D eigenvalue weighted by Gasteiger charge is -2.09. The molecule has 0 spiro atoms. The van der Waals surface area contributed by atoms with Crippen molar-refractivity contribution in [2.24, 2.45) is 5.10 Å². The average Bonchev–Trinajstić information content (AvgIpc) is 2.77. The van der Waals surface area contributed by atoms with E-state index in [1.165, 1.54) is 13.3 Å². The minimum atomic E-state index is -0.438. The van der Waals surface area contributed by atoms with Crippen molar-refractivity contribution < 1.29 is 23.8 Å². The number of amides is 1. The molecule has 0 atom stereocenters. The van der Waals surface area contributed by atoms with Crippen LogP contribution in [-0.2, 0) is 9.53 Å². The van der Waals surface area contributed by atoms with E-state index in [9.17, 15) is 9.59 Å². The van der Waals surface area contributed by atoms with E-state index < -0.39 is 5.97 Å². The van der Waals surface area contributed by atoms with Gasteiger partial charge in [0, 0.05) is 0 Å². The van der Waals surface area contributed by atoms with E-state index in [1.54, 1.807) is 31.2 Å². The van der Waals surface area contributed by atoms with Crippen molar-refractivity contribution in [3.05, 3.63) is 70.2 Å². The second-order valence-electron chi connectivity index (χ2n) is 6.38. The van der Waals surface area contributed by atoms with E-state index in [2.05, 4.69) is 26.5 Å². The number of rotatable bonds is 8. The van der Waals surface area contributed by atoms with Crippen LogP contribution in [0, 0.1) is 0 Å². The van der Waals surface area contributed by atoms with E-state index >= 15 is 0 Å². The van der Waals surface area contributed by atoms with Gasteiger partial charge in [0.15, 0.2) is 6.61 Å². The third-order valence-electron chi connectivity index (χ3n) is 4.30. The standard InChI is InChI=1S/C23H21BrN2O5/c1-3-30-22(27)14-31-20-9-8-15(10-19(20)24)13-25-26-23(28)18-11-16-6-4-5-7-17(16)12-21(18)29-2/h4-13H,3,14H2,1-2H3,(H,26,28)/b25-13-. The van der Waals surface area contributed by atoms with Crippen molar-refractivity contribution in [1.82, 2.24) is 5.43 Å². The van der Waals surface area contributed by atoms with Gasteiger partial charge in [-0.15, -0.1) is 0 Å². The smallest absolute Gasteiger partial charge is 0.344 e. The Kier molecular flexibility index (Phi) is 7.61. The van der Waals surface area contributed by atoms with Gasteiger partial charge in [-0.3, -0.25) is 4.79 Å². The molecule has 1 amide bonds. The number of nitrogens with zero attached hydrogens (tertiary/aromatic N) is 1. The predicted octanol–water partition coefficient (Wildman–Crippen LogP) is 4.32. The molecule has 1 N–H and O–H groups in total. The number of hydrazone groups is 1. The van der Waals surface area contributed by atoms with Gasteiger partial charge in [-0.05, 0) is 69.5 Å². The highest BCUT2D eigenvalue weighted by atomic mass is 79.9. The molecule has 0 bridgehead atoms. The molecule has 8 heteroatoms. The molecule has 3 rings (SSSR count). The number of fused-ring (bicyclic) bond motifs is 1. The van der Waals surface area contributed by atoms with Gasteiger partial charge < -0.3 is 14.2 Å². The molecule has 0 saturated carbocycles. The largest absolute Gasteiger partial charge is 0.496 e. The van der Waals surface area contributed by atoms with Gasteiger partial charge in [0.1, 0.15) is 11.5 Å². The Morgan fingerprint density at radius 1 is 1.06 bits per heavy atom. The normalized spacial score (nSPS) is 10.8. The van der Waals surface area contributed by atoms with Gasteiger partial charge >= 0.3 is 5.97 Å². The van der Waals surface area contributed by atoms with E-state index in [1.807, 2.05) is 30.3 Å². The van der Waals surface area contributed by atoms with Crippen LogP contribution in [0.3, 0.4) is 0 Å². The first kappa shape index (κ1) is 22.3. The van der Waals surface area contributed by atoms with Crippen LogP contribution in [0.25, 0.3) is 10.8 Å². The Hall–Kier alpha value is -3.39. The first-order valence-corrected chi connectivity index (χ1v) is 10.3. The number of carbonyl (C=O) groups is 2. The molecule has 0 aliphatic heterocycles. The van der Waals surface area contributed by atoms with E-state index in [4.69, 9.17) is 14.2 Å². The second kappa shape index (κ2) is 10.6. The lowest BCUT2D eigenvalue weighted by molar-refractivity contribution is -0.145. The third kappa shape index (κ3) is 5.82. The zero-order valence-electron chi connectivity index (χ0n) is 17.1. The molecule has 3 aromatic rings. The number of esters is 1. The van der Waals surface area contributed by atoms with Crippen molar-refractivity contribution in [3.63, 3.8) is 0 Å². The van der Waals surface area contributed by atoms with Gasteiger partial charge in [-0.25, -0.2) is 10.2 Å². The fraction of sp³-hybridized carbons (Fsp3) is 0.174. The first-order chi connectivity index (χ1) is 15.0. The third-order valence-corrected chi connectivity index (χ3v) is 4.92. The maximum Gasteiger partial charge on any atom is 0.344 e. The zero-order chi connectivity index (χ0) is 22.2. The summed E-state index contributed by atoms with van der Waals surface area (Å²) in [5, 5.41) is 5.94. The minimum Gasteiger partial charge on any atom is -0.496 e. The Morgan fingerprint density at radius 3 is 2.48 bits per heavy atom. The van der Waals surface area contributed by atoms with Crippen molar-refractivity contribution >= 4 is 44.8 Å². The molecule has 160 valence electrons. The summed E-state index contributed by atoms with van der Waals surface area (Å²) in [4.78, 5) is 24.0. The number of hydrogen-bond acceptors (Lipinski definition) is 6. The molecule has 0 aliphatic carbocycles. The quantitative estimate of drug-likeness (QED) is 0.292. The van der Waals surface area contributed by atoms with Crippen LogP contribution in [0.15, 0.2) is 64.2 Å².